The van der Waals surface area contributed by atoms with E-state index in [1.165, 1.54) is 12.1 Å². The molecule has 0 spiro atoms. The normalized spacial score (nSPS) is 12.8. The highest BCUT2D eigenvalue weighted by atomic mass is 35.5. The minimum Gasteiger partial charge on any atom is -0.408 e. The first kappa shape index (κ1) is 12.9. The zero-order valence-corrected chi connectivity index (χ0v) is 10.9. The Labute approximate surface area is 118 Å². The van der Waals surface area contributed by atoms with E-state index in [4.69, 9.17) is 21.8 Å². The van der Waals surface area contributed by atoms with Crippen molar-refractivity contribution in [1.82, 2.24) is 4.98 Å². The van der Waals surface area contributed by atoms with Gasteiger partial charge in [-0.3, -0.25) is 4.98 Å². The molecule has 0 amide bonds. The van der Waals surface area contributed by atoms with Crippen molar-refractivity contribution in [3.63, 3.8) is 0 Å². The number of fused-ring (bicyclic) bond motifs is 1. The lowest BCUT2D eigenvalue weighted by atomic mass is 9.99. The van der Waals surface area contributed by atoms with Gasteiger partial charge in [0.25, 0.3) is 0 Å². The molecule has 2 aromatic carbocycles. The molecule has 0 fully saturated rings. The van der Waals surface area contributed by atoms with Crippen LogP contribution in [0.2, 0.25) is 5.02 Å². The number of halogens is 2. The van der Waals surface area contributed by atoms with E-state index in [2.05, 4.69) is 4.98 Å². The van der Waals surface area contributed by atoms with Crippen LogP contribution < -0.4 is 11.5 Å². The molecule has 3 aromatic rings. The maximum Gasteiger partial charge on any atom is 0.417 e. The van der Waals surface area contributed by atoms with Gasteiger partial charge in [-0.2, -0.15) is 0 Å². The monoisotopic (exact) mass is 292 g/mol. The Balaban J connectivity index is 2.12. The number of aromatic nitrogens is 1. The van der Waals surface area contributed by atoms with Crippen LogP contribution in [0.3, 0.4) is 0 Å². The molecule has 0 radical (unpaired) electrons. The molecule has 6 heteroatoms. The van der Waals surface area contributed by atoms with E-state index in [9.17, 15) is 9.18 Å². The minimum absolute atomic E-state index is 0.214. The molecule has 1 unspecified atom stereocenters. The van der Waals surface area contributed by atoms with E-state index in [0.29, 0.717) is 16.7 Å². The third-order valence-corrected chi connectivity index (χ3v) is 3.44. The molecule has 3 rings (SSSR count). The number of oxazole rings is 1. The zero-order valence-electron chi connectivity index (χ0n) is 10.2. The van der Waals surface area contributed by atoms with Gasteiger partial charge < -0.3 is 10.2 Å². The standard InChI is InChI=1S/C14H10ClFN2O2/c15-8-2-1-3-9(16)12(8)13(17)7-4-5-10-11(6-7)20-14(19)18-10/h1-6,13H,17H2,(H,18,19). The quantitative estimate of drug-likeness (QED) is 0.763. The fourth-order valence-corrected chi connectivity index (χ4v) is 2.41. The number of nitrogens with one attached hydrogen (secondary N) is 1. The molecule has 1 atom stereocenters. The molecule has 0 aliphatic carbocycles. The predicted octanol–water partition coefficient (Wildman–Crippen LogP) is 2.96. The van der Waals surface area contributed by atoms with E-state index in [-0.39, 0.29) is 10.6 Å². The van der Waals surface area contributed by atoms with Gasteiger partial charge in [0.15, 0.2) is 5.58 Å². The largest absolute Gasteiger partial charge is 0.417 e. The Morgan fingerprint density at radius 3 is 2.85 bits per heavy atom. The zero-order chi connectivity index (χ0) is 14.3. The highest BCUT2D eigenvalue weighted by Crippen LogP contribution is 2.29. The Morgan fingerprint density at radius 1 is 1.30 bits per heavy atom. The van der Waals surface area contributed by atoms with Crippen LogP contribution in [0.4, 0.5) is 4.39 Å². The van der Waals surface area contributed by atoms with Crippen LogP contribution in [-0.4, -0.2) is 4.98 Å². The summed E-state index contributed by atoms with van der Waals surface area (Å²) in [4.78, 5) is 13.6. The third-order valence-electron chi connectivity index (χ3n) is 3.11. The van der Waals surface area contributed by atoms with Crippen molar-refractivity contribution in [3.8, 4) is 0 Å². The van der Waals surface area contributed by atoms with Crippen LogP contribution in [0.15, 0.2) is 45.6 Å². The highest BCUT2D eigenvalue weighted by molar-refractivity contribution is 6.31. The van der Waals surface area contributed by atoms with Crippen molar-refractivity contribution >= 4 is 22.7 Å². The molecule has 3 N–H and O–H groups in total. The summed E-state index contributed by atoms with van der Waals surface area (Å²) >= 11 is 6.00. The van der Waals surface area contributed by atoms with Crippen molar-refractivity contribution in [2.75, 3.05) is 0 Å². The highest BCUT2D eigenvalue weighted by Gasteiger charge is 2.18. The Bertz CT molecular complexity index is 820. The molecule has 0 aliphatic heterocycles. The van der Waals surface area contributed by atoms with Gasteiger partial charge in [-0.05, 0) is 29.8 Å². The average molecular weight is 293 g/mol. The summed E-state index contributed by atoms with van der Waals surface area (Å²) in [6.07, 6.45) is 0. The summed E-state index contributed by atoms with van der Waals surface area (Å²) in [6.45, 7) is 0. The molecule has 0 saturated carbocycles. The lowest BCUT2D eigenvalue weighted by molar-refractivity contribution is 0.554. The van der Waals surface area contributed by atoms with Crippen molar-refractivity contribution in [1.29, 1.82) is 0 Å². The number of nitrogens with two attached hydrogens (primary N) is 1. The molecule has 0 aliphatic rings. The summed E-state index contributed by atoms with van der Waals surface area (Å²) in [5, 5.41) is 0.258. The second kappa shape index (κ2) is 4.77. The van der Waals surface area contributed by atoms with E-state index in [1.54, 1.807) is 24.3 Å². The molecule has 20 heavy (non-hydrogen) atoms. The number of hydrogen-bond donors (Lipinski definition) is 2. The SMILES string of the molecule is NC(c1ccc2[nH]c(=O)oc2c1)c1c(F)cccc1Cl. The van der Waals surface area contributed by atoms with Crippen LogP contribution in [0, 0.1) is 5.82 Å². The van der Waals surface area contributed by atoms with E-state index < -0.39 is 17.6 Å². The van der Waals surface area contributed by atoms with E-state index in [1.807, 2.05) is 0 Å². The molecular formula is C14H10ClFN2O2. The second-order valence-corrected chi connectivity index (χ2v) is 4.79. The van der Waals surface area contributed by atoms with Crippen LogP contribution >= 0.6 is 11.6 Å². The molecular weight excluding hydrogens is 283 g/mol. The van der Waals surface area contributed by atoms with Crippen LogP contribution in [0.1, 0.15) is 17.2 Å². The number of H-pyrrole nitrogens is 1. The number of benzene rings is 2. The van der Waals surface area contributed by atoms with Gasteiger partial charge in [0.1, 0.15) is 5.82 Å². The Kier molecular flexibility index (Phi) is 3.08. The first-order valence-electron chi connectivity index (χ1n) is 5.88. The van der Waals surface area contributed by atoms with Gasteiger partial charge in [0.05, 0.1) is 11.6 Å². The lowest BCUT2D eigenvalue weighted by Gasteiger charge is -2.14. The van der Waals surface area contributed by atoms with Gasteiger partial charge >= 0.3 is 5.76 Å². The van der Waals surface area contributed by atoms with Crippen molar-refractivity contribution in [3.05, 3.63) is 68.9 Å². The average Bonchev–Trinajstić information content (AvgIpc) is 2.77. The molecule has 0 bridgehead atoms. The summed E-state index contributed by atoms with van der Waals surface area (Å²) < 4.78 is 18.8. The lowest BCUT2D eigenvalue weighted by Crippen LogP contribution is -2.14. The third kappa shape index (κ3) is 2.11. The molecule has 102 valence electrons. The number of aromatic amines is 1. The van der Waals surface area contributed by atoms with Gasteiger partial charge in [-0.25, -0.2) is 9.18 Å². The molecule has 1 heterocycles. The molecule has 4 nitrogen and oxygen atoms in total. The fraction of sp³-hybridized carbons (Fsp3) is 0.0714. The summed E-state index contributed by atoms with van der Waals surface area (Å²) in [5.41, 5.74) is 7.81. The first-order chi connectivity index (χ1) is 9.56. The van der Waals surface area contributed by atoms with Gasteiger partial charge in [0.2, 0.25) is 0 Å². The number of rotatable bonds is 2. The van der Waals surface area contributed by atoms with E-state index >= 15 is 0 Å². The topological polar surface area (TPSA) is 72.0 Å². The van der Waals surface area contributed by atoms with Gasteiger partial charge in [0, 0.05) is 10.6 Å². The van der Waals surface area contributed by atoms with Crippen LogP contribution in [-0.2, 0) is 0 Å². The summed E-state index contributed by atoms with van der Waals surface area (Å²) in [6, 6.07) is 8.60. The summed E-state index contributed by atoms with van der Waals surface area (Å²) in [7, 11) is 0. The van der Waals surface area contributed by atoms with Crippen molar-refractivity contribution in [2.24, 2.45) is 5.73 Å². The van der Waals surface area contributed by atoms with Crippen LogP contribution in [0.5, 0.6) is 0 Å². The predicted molar refractivity (Wildman–Crippen MR) is 74.3 cm³/mol. The van der Waals surface area contributed by atoms with Crippen molar-refractivity contribution in [2.45, 2.75) is 6.04 Å². The smallest absolute Gasteiger partial charge is 0.408 e. The maximum atomic E-state index is 13.9. The Morgan fingerprint density at radius 2 is 2.10 bits per heavy atom. The maximum absolute atomic E-state index is 13.9. The van der Waals surface area contributed by atoms with Crippen LogP contribution in [0.25, 0.3) is 11.1 Å². The van der Waals surface area contributed by atoms with E-state index in [0.717, 1.165) is 0 Å². The number of hydrogen-bond acceptors (Lipinski definition) is 3. The second-order valence-electron chi connectivity index (χ2n) is 4.38. The minimum atomic E-state index is -0.742. The first-order valence-corrected chi connectivity index (χ1v) is 6.26. The van der Waals surface area contributed by atoms with Crippen molar-refractivity contribution < 1.29 is 8.81 Å². The summed E-state index contributed by atoms with van der Waals surface area (Å²) in [5.74, 6) is -1.02. The molecule has 0 saturated heterocycles. The fourth-order valence-electron chi connectivity index (χ4n) is 2.13. The van der Waals surface area contributed by atoms with Gasteiger partial charge in [-0.1, -0.05) is 23.7 Å². The van der Waals surface area contributed by atoms with Gasteiger partial charge in [-0.15, -0.1) is 0 Å². The molecule has 1 aromatic heterocycles. The Hall–Kier alpha value is -2.11.